The summed E-state index contributed by atoms with van der Waals surface area (Å²) in [6.07, 6.45) is 5.64. The monoisotopic (exact) mass is 212 g/mol. The highest BCUT2D eigenvalue weighted by Gasteiger charge is 2.13. The third kappa shape index (κ3) is 2.88. The number of oxime groups is 1. The van der Waals surface area contributed by atoms with Crippen LogP contribution < -0.4 is 5.73 Å². The molecule has 0 radical (unpaired) electrons. The van der Waals surface area contributed by atoms with Gasteiger partial charge in [-0.15, -0.1) is 0 Å². The van der Waals surface area contributed by atoms with Gasteiger partial charge in [0.15, 0.2) is 5.84 Å². The van der Waals surface area contributed by atoms with Crippen molar-refractivity contribution in [3.8, 4) is 0 Å². The van der Waals surface area contributed by atoms with Crippen molar-refractivity contribution in [3.63, 3.8) is 0 Å². The molecule has 1 aromatic heterocycles. The van der Waals surface area contributed by atoms with Gasteiger partial charge in [-0.05, 0) is 6.42 Å². The average Bonchev–Trinajstić information content (AvgIpc) is 2.26. The molecule has 0 saturated carbocycles. The van der Waals surface area contributed by atoms with Crippen molar-refractivity contribution in [1.29, 1.82) is 0 Å². The maximum Gasteiger partial charge on any atom is 0.152 e. The number of nitrogens with zero attached hydrogens (tertiary/aromatic N) is 3. The third-order valence-electron chi connectivity index (χ3n) is 1.62. The summed E-state index contributed by atoms with van der Waals surface area (Å²) in [6, 6.07) is 0. The van der Waals surface area contributed by atoms with Crippen molar-refractivity contribution in [2.24, 2.45) is 10.9 Å². The maximum absolute atomic E-state index is 8.53. The van der Waals surface area contributed by atoms with Gasteiger partial charge >= 0.3 is 0 Å². The normalized spacial score (nSPS) is 13.9. The smallest absolute Gasteiger partial charge is 0.152 e. The van der Waals surface area contributed by atoms with Crippen molar-refractivity contribution in [1.82, 2.24) is 9.97 Å². The van der Waals surface area contributed by atoms with E-state index in [1.807, 2.05) is 6.92 Å². The molecule has 1 heterocycles. The van der Waals surface area contributed by atoms with E-state index in [4.69, 9.17) is 10.9 Å². The summed E-state index contributed by atoms with van der Waals surface area (Å²) < 4.78 is 0. The topological polar surface area (TPSA) is 84.4 Å². The number of hydrogen-bond donors (Lipinski definition) is 2. The number of aromatic nitrogens is 2. The van der Waals surface area contributed by atoms with E-state index in [0.717, 1.165) is 11.4 Å². The molecule has 1 aromatic rings. The van der Waals surface area contributed by atoms with Crippen LogP contribution in [0, 0.1) is 0 Å². The lowest BCUT2D eigenvalue weighted by Gasteiger charge is -2.10. The highest BCUT2D eigenvalue weighted by Crippen LogP contribution is 2.22. The second-order valence-corrected chi connectivity index (χ2v) is 3.81. The first kappa shape index (κ1) is 10.8. The first-order valence-electron chi connectivity index (χ1n) is 4.18. The molecule has 0 amide bonds. The third-order valence-corrected chi connectivity index (χ3v) is 2.93. The van der Waals surface area contributed by atoms with Crippen LogP contribution in [0.2, 0.25) is 0 Å². The quantitative estimate of drug-likeness (QED) is 0.256. The molecule has 1 unspecified atom stereocenters. The molecule has 0 spiro atoms. The Morgan fingerprint density at radius 2 is 2.50 bits per heavy atom. The Morgan fingerprint density at radius 3 is 3.00 bits per heavy atom. The summed E-state index contributed by atoms with van der Waals surface area (Å²) in [6.45, 7) is 1.96. The van der Waals surface area contributed by atoms with Gasteiger partial charge < -0.3 is 10.9 Å². The minimum Gasteiger partial charge on any atom is -0.409 e. The van der Waals surface area contributed by atoms with Gasteiger partial charge in [0.05, 0.1) is 11.4 Å². The molecule has 0 aromatic carbocycles. The molecule has 6 heteroatoms. The van der Waals surface area contributed by atoms with Crippen LogP contribution in [0.3, 0.4) is 0 Å². The van der Waals surface area contributed by atoms with Gasteiger partial charge in [-0.25, -0.2) is 4.98 Å². The fourth-order valence-electron chi connectivity index (χ4n) is 0.909. The van der Waals surface area contributed by atoms with E-state index in [1.165, 1.54) is 11.8 Å². The summed E-state index contributed by atoms with van der Waals surface area (Å²) in [5, 5.41) is 12.2. The Balaban J connectivity index is 2.67. The molecule has 5 nitrogen and oxygen atoms in total. The van der Waals surface area contributed by atoms with Gasteiger partial charge in [0.25, 0.3) is 0 Å². The van der Waals surface area contributed by atoms with Crippen LogP contribution in [0.1, 0.15) is 13.3 Å². The molecule has 0 aliphatic carbocycles. The van der Waals surface area contributed by atoms with Crippen LogP contribution in [0.4, 0.5) is 0 Å². The highest BCUT2D eigenvalue weighted by molar-refractivity contribution is 8.00. The standard InChI is InChI=1S/C8H12N4OS/c1-2-6(8(9)12-13)14-7-5-10-3-4-11-7/h3-6,13H,2H2,1H3,(H2,9,12). The van der Waals surface area contributed by atoms with Crippen LogP contribution in [-0.2, 0) is 0 Å². The molecule has 0 fully saturated rings. The van der Waals surface area contributed by atoms with Crippen molar-refractivity contribution in [2.75, 3.05) is 0 Å². The summed E-state index contributed by atoms with van der Waals surface area (Å²) in [4.78, 5) is 8.02. The fraction of sp³-hybridized carbons (Fsp3) is 0.375. The zero-order chi connectivity index (χ0) is 10.4. The lowest BCUT2D eigenvalue weighted by atomic mass is 10.3. The van der Waals surface area contributed by atoms with E-state index in [2.05, 4.69) is 15.1 Å². The van der Waals surface area contributed by atoms with Crippen molar-refractivity contribution in [2.45, 2.75) is 23.6 Å². The molecule has 76 valence electrons. The molecular weight excluding hydrogens is 200 g/mol. The molecule has 14 heavy (non-hydrogen) atoms. The summed E-state index contributed by atoms with van der Waals surface area (Å²) >= 11 is 1.43. The van der Waals surface area contributed by atoms with Gasteiger partial charge in [-0.2, -0.15) is 0 Å². The number of amidine groups is 1. The Kier molecular flexibility index (Phi) is 4.18. The van der Waals surface area contributed by atoms with Crippen LogP contribution in [0.25, 0.3) is 0 Å². The van der Waals surface area contributed by atoms with Crippen molar-refractivity contribution in [3.05, 3.63) is 18.6 Å². The predicted octanol–water partition coefficient (Wildman–Crippen LogP) is 1.09. The molecule has 3 N–H and O–H groups in total. The van der Waals surface area contributed by atoms with Crippen LogP contribution in [0.5, 0.6) is 0 Å². The molecule has 0 bridgehead atoms. The lowest BCUT2D eigenvalue weighted by molar-refractivity contribution is 0.317. The predicted molar refractivity (Wildman–Crippen MR) is 55.4 cm³/mol. The van der Waals surface area contributed by atoms with Gasteiger partial charge in [-0.1, -0.05) is 23.8 Å². The van der Waals surface area contributed by atoms with Gasteiger partial charge in [-0.3, -0.25) is 4.98 Å². The Labute approximate surface area is 86.4 Å². The van der Waals surface area contributed by atoms with Gasteiger partial charge in [0.2, 0.25) is 0 Å². The van der Waals surface area contributed by atoms with Crippen molar-refractivity contribution >= 4 is 17.6 Å². The molecule has 0 saturated heterocycles. The zero-order valence-electron chi connectivity index (χ0n) is 7.79. The highest BCUT2D eigenvalue weighted by atomic mass is 32.2. The van der Waals surface area contributed by atoms with E-state index >= 15 is 0 Å². The van der Waals surface area contributed by atoms with Crippen LogP contribution in [-0.4, -0.2) is 26.3 Å². The first-order chi connectivity index (χ1) is 6.77. The maximum atomic E-state index is 8.53. The van der Waals surface area contributed by atoms with Crippen molar-refractivity contribution < 1.29 is 5.21 Å². The van der Waals surface area contributed by atoms with E-state index in [1.54, 1.807) is 18.6 Å². The van der Waals surface area contributed by atoms with Crippen LogP contribution >= 0.6 is 11.8 Å². The molecule has 1 rings (SSSR count). The second kappa shape index (κ2) is 5.43. The SMILES string of the molecule is CCC(Sc1cnccn1)C(N)=NO. The van der Waals surface area contributed by atoms with E-state index in [-0.39, 0.29) is 11.1 Å². The minimum atomic E-state index is -0.0586. The van der Waals surface area contributed by atoms with Gasteiger partial charge in [0, 0.05) is 12.4 Å². The molecule has 0 aliphatic heterocycles. The lowest BCUT2D eigenvalue weighted by Crippen LogP contribution is -2.25. The first-order valence-corrected chi connectivity index (χ1v) is 5.06. The van der Waals surface area contributed by atoms with Crippen LogP contribution in [0.15, 0.2) is 28.8 Å². The summed E-state index contributed by atoms with van der Waals surface area (Å²) in [5.41, 5.74) is 5.51. The van der Waals surface area contributed by atoms with Gasteiger partial charge in [0.1, 0.15) is 5.03 Å². The Hall–Kier alpha value is -1.30. The number of rotatable bonds is 4. The summed E-state index contributed by atoms with van der Waals surface area (Å²) in [7, 11) is 0. The van der Waals surface area contributed by atoms with E-state index in [9.17, 15) is 0 Å². The Morgan fingerprint density at radius 1 is 1.71 bits per heavy atom. The second-order valence-electron chi connectivity index (χ2n) is 2.58. The zero-order valence-corrected chi connectivity index (χ0v) is 8.61. The number of hydrogen-bond acceptors (Lipinski definition) is 5. The Bertz CT molecular complexity index is 303. The minimum absolute atomic E-state index is 0.0586. The largest absolute Gasteiger partial charge is 0.409 e. The van der Waals surface area contributed by atoms with E-state index < -0.39 is 0 Å². The number of thioether (sulfide) groups is 1. The fourth-order valence-corrected chi connectivity index (χ4v) is 1.78. The molecule has 1 atom stereocenters. The van der Waals surface area contributed by atoms with E-state index in [0.29, 0.717) is 0 Å². The number of nitrogens with two attached hydrogens (primary N) is 1. The molecule has 0 aliphatic rings. The molecular formula is C8H12N4OS. The average molecular weight is 212 g/mol. The summed E-state index contributed by atoms with van der Waals surface area (Å²) in [5.74, 6) is 0.211.